The van der Waals surface area contributed by atoms with Crippen molar-refractivity contribution in [1.82, 2.24) is 14.7 Å². The molecule has 0 N–H and O–H groups in total. The molecule has 0 saturated carbocycles. The Morgan fingerprint density at radius 1 is 1.50 bits per heavy atom. The second kappa shape index (κ2) is 4.26. The van der Waals surface area contributed by atoms with Gasteiger partial charge in [0.25, 0.3) is 0 Å². The second-order valence-electron chi connectivity index (χ2n) is 5.45. The molecule has 1 amide bonds. The molecule has 5 nitrogen and oxygen atoms in total. The van der Waals surface area contributed by atoms with Crippen molar-refractivity contribution < 1.29 is 13.9 Å². The smallest absolute Gasteiger partial charge is 0.410 e. The zero-order valence-corrected chi connectivity index (χ0v) is 11.1. The largest absolute Gasteiger partial charge is 0.444 e. The summed E-state index contributed by atoms with van der Waals surface area (Å²) in [6, 6.07) is -0.365. The number of nitrogens with zero attached hydrogens (tertiary/aromatic N) is 3. The van der Waals surface area contributed by atoms with E-state index in [-0.39, 0.29) is 11.9 Å². The molecule has 0 fully saturated rings. The summed E-state index contributed by atoms with van der Waals surface area (Å²) in [6.07, 6.45) is 0.770. The molecule has 1 aromatic rings. The highest BCUT2D eigenvalue weighted by molar-refractivity contribution is 5.69. The van der Waals surface area contributed by atoms with Gasteiger partial charge in [0.05, 0.1) is 24.5 Å². The Morgan fingerprint density at radius 2 is 2.17 bits per heavy atom. The van der Waals surface area contributed by atoms with Gasteiger partial charge in [-0.2, -0.15) is 5.10 Å². The van der Waals surface area contributed by atoms with Gasteiger partial charge in [0.15, 0.2) is 5.82 Å². The van der Waals surface area contributed by atoms with Crippen molar-refractivity contribution in [2.75, 3.05) is 6.54 Å². The third kappa shape index (κ3) is 2.32. The number of carbonyl (C=O) groups is 1. The maximum Gasteiger partial charge on any atom is 0.410 e. The maximum atomic E-state index is 13.6. The van der Waals surface area contributed by atoms with E-state index in [9.17, 15) is 9.18 Å². The van der Waals surface area contributed by atoms with E-state index in [0.29, 0.717) is 18.8 Å². The Kier molecular flexibility index (Phi) is 3.04. The molecule has 0 radical (unpaired) electrons. The van der Waals surface area contributed by atoms with Crippen LogP contribution in [0.25, 0.3) is 0 Å². The van der Waals surface area contributed by atoms with Crippen molar-refractivity contribution in [2.24, 2.45) is 0 Å². The lowest BCUT2D eigenvalue weighted by Gasteiger charge is -2.35. The quantitative estimate of drug-likeness (QED) is 0.715. The molecule has 0 aromatic carbocycles. The molecule has 1 atom stereocenters. The lowest BCUT2D eigenvalue weighted by Crippen LogP contribution is -2.44. The average Bonchev–Trinajstić information content (AvgIpc) is 2.58. The highest BCUT2D eigenvalue weighted by Gasteiger charge is 2.33. The van der Waals surface area contributed by atoms with Crippen LogP contribution in [-0.4, -0.2) is 32.9 Å². The van der Waals surface area contributed by atoms with Crippen molar-refractivity contribution in [3.63, 3.8) is 0 Å². The zero-order chi connectivity index (χ0) is 13.5. The molecule has 1 aliphatic heterocycles. The summed E-state index contributed by atoms with van der Waals surface area (Å²) in [7, 11) is 0. The van der Waals surface area contributed by atoms with Gasteiger partial charge < -0.3 is 4.74 Å². The van der Waals surface area contributed by atoms with E-state index in [1.165, 1.54) is 11.1 Å². The summed E-state index contributed by atoms with van der Waals surface area (Å²) in [4.78, 5) is 13.6. The van der Waals surface area contributed by atoms with Crippen LogP contribution in [0.15, 0.2) is 6.20 Å². The Morgan fingerprint density at radius 3 is 2.78 bits per heavy atom. The van der Waals surface area contributed by atoms with Crippen LogP contribution in [0.2, 0.25) is 0 Å². The molecule has 1 aliphatic rings. The zero-order valence-electron chi connectivity index (χ0n) is 11.1. The van der Waals surface area contributed by atoms with Crippen LogP contribution in [0, 0.1) is 5.82 Å². The topological polar surface area (TPSA) is 47.4 Å². The fraction of sp³-hybridized carbons (Fsp3) is 0.667. The van der Waals surface area contributed by atoms with Gasteiger partial charge in [0.2, 0.25) is 0 Å². The van der Waals surface area contributed by atoms with Crippen LogP contribution in [0.4, 0.5) is 9.18 Å². The number of halogens is 1. The number of amides is 1. The molecule has 1 aromatic heterocycles. The first kappa shape index (κ1) is 12.9. The van der Waals surface area contributed by atoms with Gasteiger partial charge in [-0.25, -0.2) is 9.18 Å². The number of fused-ring (bicyclic) bond motifs is 1. The van der Waals surface area contributed by atoms with Crippen molar-refractivity contribution in [3.8, 4) is 0 Å². The Bertz CT molecular complexity index is 464. The first-order valence-electron chi connectivity index (χ1n) is 6.00. The van der Waals surface area contributed by atoms with Gasteiger partial charge in [0, 0.05) is 6.54 Å². The van der Waals surface area contributed by atoms with Crippen LogP contribution < -0.4 is 0 Å². The Labute approximate surface area is 106 Å². The van der Waals surface area contributed by atoms with E-state index < -0.39 is 11.7 Å². The van der Waals surface area contributed by atoms with E-state index in [4.69, 9.17) is 4.74 Å². The van der Waals surface area contributed by atoms with E-state index in [1.54, 1.807) is 11.6 Å². The van der Waals surface area contributed by atoms with Gasteiger partial charge in [-0.05, 0) is 27.7 Å². The van der Waals surface area contributed by atoms with E-state index in [1.807, 2.05) is 20.8 Å². The van der Waals surface area contributed by atoms with Gasteiger partial charge in [-0.1, -0.05) is 0 Å². The predicted molar refractivity (Wildman–Crippen MR) is 63.5 cm³/mol. The number of ether oxygens (including phenoxy) is 1. The molecule has 0 saturated heterocycles. The van der Waals surface area contributed by atoms with Crippen molar-refractivity contribution in [2.45, 2.75) is 45.9 Å². The summed E-state index contributed by atoms with van der Waals surface area (Å²) >= 11 is 0. The van der Waals surface area contributed by atoms with Gasteiger partial charge in [-0.3, -0.25) is 9.58 Å². The maximum absolute atomic E-state index is 13.6. The number of hydrogen-bond acceptors (Lipinski definition) is 3. The third-order valence-electron chi connectivity index (χ3n) is 2.88. The molecule has 0 bridgehead atoms. The standard InChI is InChI=1S/C12H18FN3O2/c1-8-10-9(13)7-14-16(10)6-5-15(8)11(17)18-12(2,3)4/h7-8H,5-6H2,1-4H3. The third-order valence-corrected chi connectivity index (χ3v) is 2.88. The van der Waals surface area contributed by atoms with Crippen LogP contribution in [0.3, 0.4) is 0 Å². The highest BCUT2D eigenvalue weighted by atomic mass is 19.1. The molecule has 2 heterocycles. The summed E-state index contributed by atoms with van der Waals surface area (Å²) < 4.78 is 20.5. The van der Waals surface area contributed by atoms with Crippen LogP contribution in [0.1, 0.15) is 39.4 Å². The van der Waals surface area contributed by atoms with Crippen LogP contribution >= 0.6 is 0 Å². The monoisotopic (exact) mass is 255 g/mol. The average molecular weight is 255 g/mol. The molecular weight excluding hydrogens is 237 g/mol. The van der Waals surface area contributed by atoms with E-state index in [2.05, 4.69) is 5.10 Å². The SMILES string of the molecule is CC1c2c(F)cnn2CCN1C(=O)OC(C)(C)C. The van der Waals surface area contributed by atoms with Crippen molar-refractivity contribution in [3.05, 3.63) is 17.7 Å². The number of hydrogen-bond donors (Lipinski definition) is 0. The minimum Gasteiger partial charge on any atom is -0.444 e. The lowest BCUT2D eigenvalue weighted by atomic mass is 10.1. The van der Waals surface area contributed by atoms with Gasteiger partial charge >= 0.3 is 6.09 Å². The second-order valence-corrected chi connectivity index (χ2v) is 5.45. The minimum absolute atomic E-state index is 0.365. The van der Waals surface area contributed by atoms with E-state index in [0.717, 1.165) is 0 Å². The fourth-order valence-electron chi connectivity index (χ4n) is 2.08. The molecule has 6 heteroatoms. The predicted octanol–water partition coefficient (Wildman–Crippen LogP) is 2.33. The van der Waals surface area contributed by atoms with Crippen molar-refractivity contribution in [1.29, 1.82) is 0 Å². The molecular formula is C12H18FN3O2. The number of rotatable bonds is 0. The first-order valence-corrected chi connectivity index (χ1v) is 6.00. The van der Waals surface area contributed by atoms with Crippen molar-refractivity contribution >= 4 is 6.09 Å². The number of aromatic nitrogens is 2. The van der Waals surface area contributed by atoms with Crippen LogP contribution in [0.5, 0.6) is 0 Å². The van der Waals surface area contributed by atoms with Gasteiger partial charge in [0.1, 0.15) is 5.60 Å². The fourth-order valence-corrected chi connectivity index (χ4v) is 2.08. The molecule has 2 rings (SSSR count). The normalized spacial score (nSPS) is 19.6. The molecule has 100 valence electrons. The Hall–Kier alpha value is -1.59. The van der Waals surface area contributed by atoms with E-state index >= 15 is 0 Å². The number of carbonyl (C=O) groups excluding carboxylic acids is 1. The van der Waals surface area contributed by atoms with Crippen LogP contribution in [-0.2, 0) is 11.3 Å². The summed E-state index contributed by atoms with van der Waals surface area (Å²) in [5, 5.41) is 3.94. The molecule has 0 aliphatic carbocycles. The summed E-state index contributed by atoms with van der Waals surface area (Å²) in [6.45, 7) is 8.17. The molecule has 18 heavy (non-hydrogen) atoms. The highest BCUT2D eigenvalue weighted by Crippen LogP contribution is 2.28. The molecule has 1 unspecified atom stereocenters. The minimum atomic E-state index is -0.549. The summed E-state index contributed by atoms with van der Waals surface area (Å²) in [5.74, 6) is -0.379. The summed E-state index contributed by atoms with van der Waals surface area (Å²) in [5.41, 5.74) is -0.111. The first-order chi connectivity index (χ1) is 8.29. The Balaban J connectivity index is 2.19. The lowest BCUT2D eigenvalue weighted by molar-refractivity contribution is 0.0116. The molecule has 0 spiro atoms. The van der Waals surface area contributed by atoms with Gasteiger partial charge in [-0.15, -0.1) is 0 Å².